The molecule has 1 atom stereocenters. The molecule has 0 aliphatic carbocycles. The maximum absolute atomic E-state index is 12.0. The molecule has 5 nitrogen and oxygen atoms in total. The second kappa shape index (κ2) is 8.17. The molecule has 22 heavy (non-hydrogen) atoms. The highest BCUT2D eigenvalue weighted by Gasteiger charge is 2.19. The third-order valence-electron chi connectivity index (χ3n) is 2.85. The first kappa shape index (κ1) is 18.5. The van der Waals surface area contributed by atoms with Crippen molar-refractivity contribution in [1.29, 1.82) is 0 Å². The van der Waals surface area contributed by atoms with Gasteiger partial charge in [0.05, 0.1) is 6.04 Å². The van der Waals surface area contributed by atoms with Crippen LogP contribution in [-0.4, -0.2) is 24.1 Å². The lowest BCUT2D eigenvalue weighted by Crippen LogP contribution is -2.36. The van der Waals surface area contributed by atoms with Crippen molar-refractivity contribution in [3.05, 3.63) is 22.4 Å². The summed E-state index contributed by atoms with van der Waals surface area (Å²) < 4.78 is 5.12. The van der Waals surface area contributed by atoms with Gasteiger partial charge in [0.1, 0.15) is 5.60 Å². The standard InChI is InChI=1S/C16H26N2O3S/c1-11(2)14(12-7-6-10-22-12)18-13(19)8-9-17-15(20)21-16(3,4)5/h6-7,10-11,14H,8-9H2,1-5H3,(H,17,20)(H,18,19)/t14-/m1/s1. The molecule has 0 spiro atoms. The molecule has 0 aliphatic rings. The van der Waals surface area contributed by atoms with E-state index in [-0.39, 0.29) is 24.9 Å². The molecule has 1 aromatic heterocycles. The second-order valence-electron chi connectivity index (χ2n) is 6.48. The predicted molar refractivity (Wildman–Crippen MR) is 88.9 cm³/mol. The summed E-state index contributed by atoms with van der Waals surface area (Å²) in [4.78, 5) is 24.7. The van der Waals surface area contributed by atoms with E-state index in [4.69, 9.17) is 4.74 Å². The van der Waals surface area contributed by atoms with Crippen molar-refractivity contribution in [2.24, 2.45) is 5.92 Å². The molecule has 0 saturated heterocycles. The Morgan fingerprint density at radius 2 is 2.00 bits per heavy atom. The highest BCUT2D eigenvalue weighted by molar-refractivity contribution is 7.10. The number of ether oxygens (including phenoxy) is 1. The lowest BCUT2D eigenvalue weighted by molar-refractivity contribution is -0.122. The third-order valence-corrected chi connectivity index (χ3v) is 3.81. The van der Waals surface area contributed by atoms with Gasteiger partial charge in [-0.05, 0) is 38.1 Å². The molecule has 1 aromatic rings. The topological polar surface area (TPSA) is 67.4 Å². The molecule has 0 aromatic carbocycles. The number of hydrogen-bond donors (Lipinski definition) is 2. The van der Waals surface area contributed by atoms with Gasteiger partial charge in [-0.3, -0.25) is 4.79 Å². The number of rotatable bonds is 6. The predicted octanol–water partition coefficient (Wildman–Crippen LogP) is 3.48. The van der Waals surface area contributed by atoms with Crippen molar-refractivity contribution in [1.82, 2.24) is 10.6 Å². The van der Waals surface area contributed by atoms with E-state index in [9.17, 15) is 9.59 Å². The van der Waals surface area contributed by atoms with Crippen LogP contribution in [0.25, 0.3) is 0 Å². The zero-order valence-electron chi connectivity index (χ0n) is 13.9. The molecular weight excluding hydrogens is 300 g/mol. The van der Waals surface area contributed by atoms with E-state index >= 15 is 0 Å². The van der Waals surface area contributed by atoms with Crippen molar-refractivity contribution in [3.63, 3.8) is 0 Å². The number of carbonyl (C=O) groups excluding carboxylic acids is 2. The first-order valence-electron chi connectivity index (χ1n) is 7.48. The number of amides is 2. The SMILES string of the molecule is CC(C)[C@@H](NC(=O)CCNC(=O)OC(C)(C)C)c1cccs1. The molecular formula is C16H26N2O3S. The fourth-order valence-corrected chi connectivity index (χ4v) is 2.82. The molecule has 1 rings (SSSR count). The third kappa shape index (κ3) is 6.93. The summed E-state index contributed by atoms with van der Waals surface area (Å²) in [6.45, 7) is 9.80. The molecule has 2 amide bonds. The van der Waals surface area contributed by atoms with Crippen molar-refractivity contribution < 1.29 is 14.3 Å². The van der Waals surface area contributed by atoms with Crippen LogP contribution in [0.3, 0.4) is 0 Å². The van der Waals surface area contributed by atoms with Crippen LogP contribution in [0.5, 0.6) is 0 Å². The zero-order valence-corrected chi connectivity index (χ0v) is 14.8. The van der Waals surface area contributed by atoms with Crippen LogP contribution < -0.4 is 10.6 Å². The largest absolute Gasteiger partial charge is 0.444 e. The van der Waals surface area contributed by atoms with Gasteiger partial charge in [0.2, 0.25) is 5.91 Å². The normalized spacial score (nSPS) is 12.8. The molecule has 0 unspecified atom stereocenters. The van der Waals surface area contributed by atoms with Crippen LogP contribution >= 0.6 is 11.3 Å². The Balaban J connectivity index is 2.38. The van der Waals surface area contributed by atoms with E-state index in [1.54, 1.807) is 32.1 Å². The second-order valence-corrected chi connectivity index (χ2v) is 7.46. The zero-order chi connectivity index (χ0) is 16.8. The molecule has 0 saturated carbocycles. The minimum Gasteiger partial charge on any atom is -0.444 e. The Morgan fingerprint density at radius 1 is 1.32 bits per heavy atom. The fraction of sp³-hybridized carbons (Fsp3) is 0.625. The minimum atomic E-state index is -0.533. The van der Waals surface area contributed by atoms with Crippen LogP contribution in [0.2, 0.25) is 0 Å². The van der Waals surface area contributed by atoms with Crippen molar-refractivity contribution in [2.45, 2.75) is 52.7 Å². The number of carbonyl (C=O) groups is 2. The maximum Gasteiger partial charge on any atom is 0.407 e. The fourth-order valence-electron chi connectivity index (χ4n) is 1.87. The van der Waals surface area contributed by atoms with Gasteiger partial charge in [-0.25, -0.2) is 4.79 Å². The molecule has 1 heterocycles. The van der Waals surface area contributed by atoms with Gasteiger partial charge in [0.25, 0.3) is 0 Å². The Morgan fingerprint density at radius 3 is 2.50 bits per heavy atom. The number of thiophene rings is 1. The van der Waals surface area contributed by atoms with Gasteiger partial charge in [0, 0.05) is 17.8 Å². The van der Waals surface area contributed by atoms with Crippen LogP contribution in [0.15, 0.2) is 17.5 Å². The van der Waals surface area contributed by atoms with Crippen molar-refractivity contribution >= 4 is 23.3 Å². The summed E-state index contributed by atoms with van der Waals surface area (Å²) in [6, 6.07) is 4.01. The summed E-state index contributed by atoms with van der Waals surface area (Å²) in [5, 5.41) is 7.61. The van der Waals surface area contributed by atoms with E-state index in [0.29, 0.717) is 5.92 Å². The average molecular weight is 326 g/mol. The molecule has 2 N–H and O–H groups in total. The molecule has 0 fully saturated rings. The first-order valence-corrected chi connectivity index (χ1v) is 8.36. The summed E-state index contributed by atoms with van der Waals surface area (Å²) in [5.41, 5.74) is -0.533. The van der Waals surface area contributed by atoms with Gasteiger partial charge in [-0.15, -0.1) is 11.3 Å². The highest BCUT2D eigenvalue weighted by atomic mass is 32.1. The quantitative estimate of drug-likeness (QED) is 0.841. The van der Waals surface area contributed by atoms with Gasteiger partial charge >= 0.3 is 6.09 Å². The Hall–Kier alpha value is -1.56. The van der Waals surface area contributed by atoms with E-state index in [2.05, 4.69) is 24.5 Å². The smallest absolute Gasteiger partial charge is 0.407 e. The van der Waals surface area contributed by atoms with Gasteiger partial charge in [-0.1, -0.05) is 19.9 Å². The lowest BCUT2D eigenvalue weighted by Gasteiger charge is -2.22. The van der Waals surface area contributed by atoms with E-state index < -0.39 is 11.7 Å². The highest BCUT2D eigenvalue weighted by Crippen LogP contribution is 2.25. The molecule has 0 radical (unpaired) electrons. The summed E-state index contributed by atoms with van der Waals surface area (Å²) in [7, 11) is 0. The van der Waals surface area contributed by atoms with Crippen molar-refractivity contribution in [2.75, 3.05) is 6.54 Å². The summed E-state index contributed by atoms with van der Waals surface area (Å²) in [5.74, 6) is 0.226. The summed E-state index contributed by atoms with van der Waals surface area (Å²) >= 11 is 1.63. The Bertz CT molecular complexity index is 478. The van der Waals surface area contributed by atoms with Gasteiger partial charge < -0.3 is 15.4 Å². The number of alkyl carbamates (subject to hydrolysis) is 1. The van der Waals surface area contributed by atoms with E-state index in [1.165, 1.54) is 0 Å². The van der Waals surface area contributed by atoms with Crippen LogP contribution in [-0.2, 0) is 9.53 Å². The summed E-state index contributed by atoms with van der Waals surface area (Å²) in [6.07, 6.45) is -0.271. The Labute approximate surface area is 136 Å². The van der Waals surface area contributed by atoms with Gasteiger partial charge in [0.15, 0.2) is 0 Å². The molecule has 0 aliphatic heterocycles. The average Bonchev–Trinajstić information content (AvgIpc) is 2.86. The van der Waals surface area contributed by atoms with Gasteiger partial charge in [-0.2, -0.15) is 0 Å². The first-order chi connectivity index (χ1) is 10.2. The van der Waals surface area contributed by atoms with Crippen LogP contribution in [0.1, 0.15) is 52.0 Å². The van der Waals surface area contributed by atoms with E-state index in [1.807, 2.05) is 17.5 Å². The maximum atomic E-state index is 12.0. The number of nitrogens with one attached hydrogen (secondary N) is 2. The van der Waals surface area contributed by atoms with Crippen LogP contribution in [0.4, 0.5) is 4.79 Å². The van der Waals surface area contributed by atoms with Crippen LogP contribution in [0, 0.1) is 5.92 Å². The number of hydrogen-bond acceptors (Lipinski definition) is 4. The Kier molecular flexibility index (Phi) is 6.87. The lowest BCUT2D eigenvalue weighted by atomic mass is 10.0. The van der Waals surface area contributed by atoms with Crippen molar-refractivity contribution in [3.8, 4) is 0 Å². The molecule has 124 valence electrons. The minimum absolute atomic E-state index is 0.00836. The molecule has 6 heteroatoms. The molecule has 0 bridgehead atoms. The monoisotopic (exact) mass is 326 g/mol. The van der Waals surface area contributed by atoms with E-state index in [0.717, 1.165) is 4.88 Å².